The van der Waals surface area contributed by atoms with E-state index in [1.165, 1.54) is 0 Å². The third-order valence-electron chi connectivity index (χ3n) is 6.78. The van der Waals surface area contributed by atoms with Gasteiger partial charge in [0.1, 0.15) is 18.1 Å². The van der Waals surface area contributed by atoms with Crippen LogP contribution < -0.4 is 9.47 Å². The molecule has 0 spiro atoms. The minimum atomic E-state index is -2.74. The first-order valence-corrected chi connectivity index (χ1v) is 14.6. The van der Waals surface area contributed by atoms with Crippen LogP contribution in [0, 0.1) is 5.92 Å². The first-order valence-electron chi connectivity index (χ1n) is 12.7. The summed E-state index contributed by atoms with van der Waals surface area (Å²) in [5, 5.41) is 11.3. The van der Waals surface area contributed by atoms with Crippen LogP contribution in [-0.2, 0) is 20.2 Å². The molecule has 1 aliphatic rings. The van der Waals surface area contributed by atoms with Crippen LogP contribution >= 0.6 is 0 Å². The summed E-state index contributed by atoms with van der Waals surface area (Å²) in [6.07, 6.45) is -0.579. The van der Waals surface area contributed by atoms with Gasteiger partial charge in [0, 0.05) is 0 Å². The van der Waals surface area contributed by atoms with E-state index < -0.39 is 20.8 Å². The van der Waals surface area contributed by atoms with Crippen LogP contribution in [-0.4, -0.2) is 52.3 Å². The molecule has 1 N–H and O–H groups in total. The monoisotopic (exact) mass is 502 g/mol. The Morgan fingerprint density at radius 2 is 1.54 bits per heavy atom. The van der Waals surface area contributed by atoms with Gasteiger partial charge in [0.05, 0.1) is 38.6 Å². The molecule has 2 aromatic rings. The molecule has 1 aliphatic heterocycles. The van der Waals surface area contributed by atoms with Crippen LogP contribution in [0.5, 0.6) is 11.5 Å². The third kappa shape index (κ3) is 7.30. The normalized spacial score (nSPS) is 24.7. The zero-order valence-corrected chi connectivity index (χ0v) is 23.0. The largest absolute Gasteiger partial charge is 0.497 e. The molecule has 1 saturated heterocycles. The van der Waals surface area contributed by atoms with Gasteiger partial charge in [-0.3, -0.25) is 0 Å². The molecule has 4 atom stereocenters. The van der Waals surface area contributed by atoms with E-state index in [0.29, 0.717) is 26.2 Å². The molecule has 0 radical (unpaired) electrons. The van der Waals surface area contributed by atoms with E-state index in [2.05, 4.69) is 27.7 Å². The summed E-state index contributed by atoms with van der Waals surface area (Å²) in [5.74, 6) is 1.52. The Kier molecular flexibility index (Phi) is 10.2. The van der Waals surface area contributed by atoms with Gasteiger partial charge < -0.3 is 28.2 Å². The predicted octanol–water partition coefficient (Wildman–Crippen LogP) is 5.72. The molecule has 35 heavy (non-hydrogen) atoms. The first-order chi connectivity index (χ1) is 16.7. The second-order valence-electron chi connectivity index (χ2n) is 10.1. The smallest absolute Gasteiger partial charge is 0.344 e. The number of ether oxygens (including phenoxy) is 3. The molecule has 1 fully saturated rings. The maximum absolute atomic E-state index is 11.3. The van der Waals surface area contributed by atoms with Crippen LogP contribution in [0.2, 0.25) is 11.1 Å². The van der Waals surface area contributed by atoms with Crippen LogP contribution in [0.15, 0.2) is 54.6 Å². The first kappa shape index (κ1) is 27.7. The van der Waals surface area contributed by atoms with Crippen molar-refractivity contribution >= 4 is 8.56 Å². The molecule has 2 aromatic carbocycles. The fourth-order valence-corrected chi connectivity index (χ4v) is 8.58. The van der Waals surface area contributed by atoms with E-state index in [1.54, 1.807) is 7.11 Å². The number of rotatable bonds is 10. The van der Waals surface area contributed by atoms with Crippen molar-refractivity contribution in [2.75, 3.05) is 20.3 Å². The van der Waals surface area contributed by atoms with Gasteiger partial charge in [-0.2, -0.15) is 0 Å². The number of methoxy groups -OCH3 is 1. The summed E-state index contributed by atoms with van der Waals surface area (Å²) in [4.78, 5) is 0. The van der Waals surface area contributed by atoms with Crippen molar-refractivity contribution in [2.24, 2.45) is 5.92 Å². The molecular weight excluding hydrogens is 460 g/mol. The third-order valence-corrected chi connectivity index (χ3v) is 11.4. The maximum Gasteiger partial charge on any atom is 0.344 e. The number of aliphatic hydroxyl groups excluding tert-OH is 1. The summed E-state index contributed by atoms with van der Waals surface area (Å²) in [6, 6.07) is 17.6. The molecule has 0 aliphatic carbocycles. The summed E-state index contributed by atoms with van der Waals surface area (Å²) >= 11 is 0. The van der Waals surface area contributed by atoms with E-state index in [1.807, 2.05) is 61.5 Å². The molecular formula is C28H42O6Si. The van der Waals surface area contributed by atoms with Gasteiger partial charge in [-0.15, -0.1) is 0 Å². The molecule has 0 saturated carbocycles. The van der Waals surface area contributed by atoms with Gasteiger partial charge in [-0.1, -0.05) is 65.0 Å². The Morgan fingerprint density at radius 3 is 2.14 bits per heavy atom. The maximum atomic E-state index is 11.3. The van der Waals surface area contributed by atoms with Gasteiger partial charge in [-0.25, -0.2) is 0 Å². The predicted molar refractivity (Wildman–Crippen MR) is 140 cm³/mol. The van der Waals surface area contributed by atoms with Gasteiger partial charge in [0.25, 0.3) is 0 Å². The van der Waals surface area contributed by atoms with Gasteiger partial charge in [0.2, 0.25) is 0 Å². The molecule has 0 bridgehead atoms. The zero-order valence-electron chi connectivity index (χ0n) is 22.0. The standard InChI is InChI=1S/C28H42O6Si/c1-20(2)35(21(3)4)33-26(18-32-25-14-12-24(30-6)13-15-25)16-22(5)28(29)27(34-35)19-31-17-23-10-8-7-9-11-23/h7-15,20-22,26-29H,16-19H2,1-6H3/t22-,26-,27-,28+/m0/s1. The van der Waals surface area contributed by atoms with Crippen LogP contribution in [0.1, 0.15) is 46.6 Å². The summed E-state index contributed by atoms with van der Waals surface area (Å²) < 4.78 is 31.0. The van der Waals surface area contributed by atoms with Crippen LogP contribution in [0.25, 0.3) is 0 Å². The van der Waals surface area contributed by atoms with Crippen molar-refractivity contribution < 1.29 is 28.2 Å². The van der Waals surface area contributed by atoms with E-state index >= 15 is 0 Å². The van der Waals surface area contributed by atoms with Gasteiger partial charge >= 0.3 is 8.56 Å². The number of hydrogen-bond donors (Lipinski definition) is 1. The van der Waals surface area contributed by atoms with E-state index in [0.717, 1.165) is 17.1 Å². The minimum Gasteiger partial charge on any atom is -0.497 e. The average Bonchev–Trinajstić information content (AvgIpc) is 2.85. The molecule has 1 heterocycles. The van der Waals surface area contributed by atoms with Crippen molar-refractivity contribution in [2.45, 2.75) is 77.0 Å². The molecule has 6 nitrogen and oxygen atoms in total. The molecule has 194 valence electrons. The molecule has 0 amide bonds. The lowest BCUT2D eigenvalue weighted by atomic mass is 9.94. The van der Waals surface area contributed by atoms with Crippen molar-refractivity contribution in [1.82, 2.24) is 0 Å². The molecule has 7 heteroatoms. The summed E-state index contributed by atoms with van der Waals surface area (Å²) in [5.41, 5.74) is 1.50. The summed E-state index contributed by atoms with van der Waals surface area (Å²) in [6.45, 7) is 11.9. The topological polar surface area (TPSA) is 66.4 Å². The fraction of sp³-hybridized carbons (Fsp3) is 0.571. The van der Waals surface area contributed by atoms with Crippen molar-refractivity contribution in [3.05, 3.63) is 60.2 Å². The highest BCUT2D eigenvalue weighted by atomic mass is 28.4. The lowest BCUT2D eigenvalue weighted by molar-refractivity contribution is -0.0962. The Labute approximate surface area is 211 Å². The van der Waals surface area contributed by atoms with Crippen LogP contribution in [0.3, 0.4) is 0 Å². The van der Waals surface area contributed by atoms with Gasteiger partial charge in [-0.05, 0) is 53.3 Å². The molecule has 0 unspecified atom stereocenters. The Hall–Kier alpha value is -1.90. The Morgan fingerprint density at radius 1 is 0.914 bits per heavy atom. The summed E-state index contributed by atoms with van der Waals surface area (Å²) in [7, 11) is -1.09. The number of hydrogen-bond acceptors (Lipinski definition) is 6. The molecule has 3 rings (SSSR count). The zero-order chi connectivity index (χ0) is 25.4. The number of benzene rings is 2. The molecule has 0 aromatic heterocycles. The van der Waals surface area contributed by atoms with E-state index in [9.17, 15) is 5.11 Å². The highest BCUT2D eigenvalue weighted by Crippen LogP contribution is 2.40. The van der Waals surface area contributed by atoms with Crippen molar-refractivity contribution in [1.29, 1.82) is 0 Å². The highest BCUT2D eigenvalue weighted by molar-refractivity contribution is 6.70. The minimum absolute atomic E-state index is 0.0314. The van der Waals surface area contributed by atoms with Crippen molar-refractivity contribution in [3.8, 4) is 11.5 Å². The second-order valence-corrected chi connectivity index (χ2v) is 14.3. The average molecular weight is 503 g/mol. The highest BCUT2D eigenvalue weighted by Gasteiger charge is 2.51. The quantitative estimate of drug-likeness (QED) is 0.419. The number of aliphatic hydroxyl groups is 1. The van der Waals surface area contributed by atoms with E-state index in [-0.39, 0.29) is 23.1 Å². The second kappa shape index (κ2) is 12.9. The van der Waals surface area contributed by atoms with Gasteiger partial charge in [0.15, 0.2) is 0 Å². The lowest BCUT2D eigenvalue weighted by Crippen LogP contribution is -2.59. The Balaban J connectivity index is 1.73. The van der Waals surface area contributed by atoms with Crippen molar-refractivity contribution in [3.63, 3.8) is 0 Å². The van der Waals surface area contributed by atoms with E-state index in [4.69, 9.17) is 23.1 Å². The fourth-order valence-electron chi connectivity index (χ4n) is 4.74. The van der Waals surface area contributed by atoms with Crippen LogP contribution in [0.4, 0.5) is 0 Å². The lowest BCUT2D eigenvalue weighted by Gasteiger charge is -2.46. The SMILES string of the molecule is COc1ccc(OC[C@@H]2C[C@H](C)[C@@H](O)[C@H](COCc3ccccc3)O[Si](C(C)C)(C(C)C)O2)cc1. The Bertz CT molecular complexity index is 865.